The largest absolute Gasteiger partial charge is 0.496 e. The van der Waals surface area contributed by atoms with Crippen molar-refractivity contribution in [3.05, 3.63) is 50.7 Å². The maximum Gasteiger partial charge on any atom is 0.121 e. The Morgan fingerprint density at radius 1 is 1.29 bits per heavy atom. The second kappa shape index (κ2) is 5.08. The van der Waals surface area contributed by atoms with Gasteiger partial charge in [0.1, 0.15) is 5.75 Å². The summed E-state index contributed by atoms with van der Waals surface area (Å²) in [5.74, 6) is 0.880. The van der Waals surface area contributed by atoms with E-state index < -0.39 is 0 Å². The Kier molecular flexibility index (Phi) is 3.72. The smallest absolute Gasteiger partial charge is 0.121 e. The molecule has 2 aromatic rings. The minimum atomic E-state index is -0.128. The minimum Gasteiger partial charge on any atom is -0.496 e. The van der Waals surface area contributed by atoms with E-state index in [0.717, 1.165) is 26.1 Å². The molecule has 2 nitrogen and oxygen atoms in total. The number of aryl methyl sites for hydroxylation is 1. The zero-order chi connectivity index (χ0) is 12.4. The molecule has 17 heavy (non-hydrogen) atoms. The number of nitrogens with two attached hydrogens (primary N) is 1. The molecule has 2 rings (SSSR count). The molecule has 1 aromatic heterocycles. The molecule has 0 spiro atoms. The molecule has 0 saturated heterocycles. The lowest BCUT2D eigenvalue weighted by Crippen LogP contribution is -2.10. The van der Waals surface area contributed by atoms with Crippen LogP contribution < -0.4 is 10.5 Å². The quantitative estimate of drug-likeness (QED) is 0.919. The van der Waals surface area contributed by atoms with E-state index in [1.807, 2.05) is 31.2 Å². The summed E-state index contributed by atoms with van der Waals surface area (Å²) in [6.45, 7) is 2.01. The van der Waals surface area contributed by atoms with Gasteiger partial charge in [-0.15, -0.1) is 11.3 Å². The van der Waals surface area contributed by atoms with Gasteiger partial charge >= 0.3 is 0 Å². The van der Waals surface area contributed by atoms with Gasteiger partial charge in [-0.25, -0.2) is 0 Å². The highest BCUT2D eigenvalue weighted by atomic mass is 35.5. The molecule has 1 aromatic carbocycles. The molecule has 0 saturated carbocycles. The maximum absolute atomic E-state index is 6.20. The zero-order valence-electron chi connectivity index (χ0n) is 9.74. The first-order chi connectivity index (χ1) is 8.11. The molecule has 90 valence electrons. The first-order valence-corrected chi connectivity index (χ1v) is 6.46. The van der Waals surface area contributed by atoms with Gasteiger partial charge < -0.3 is 10.5 Å². The Morgan fingerprint density at radius 3 is 2.59 bits per heavy atom. The second-order valence-corrected chi connectivity index (χ2v) is 5.60. The Bertz CT molecular complexity index is 524. The number of hydrogen-bond donors (Lipinski definition) is 1. The normalized spacial score (nSPS) is 12.5. The Labute approximate surface area is 110 Å². The van der Waals surface area contributed by atoms with Gasteiger partial charge in [0.2, 0.25) is 0 Å². The van der Waals surface area contributed by atoms with E-state index in [9.17, 15) is 0 Å². The van der Waals surface area contributed by atoms with Crippen LogP contribution in [0.5, 0.6) is 5.75 Å². The summed E-state index contributed by atoms with van der Waals surface area (Å²) < 4.78 is 5.99. The van der Waals surface area contributed by atoms with Crippen molar-refractivity contribution in [3.63, 3.8) is 0 Å². The van der Waals surface area contributed by atoms with E-state index >= 15 is 0 Å². The van der Waals surface area contributed by atoms with E-state index in [0.29, 0.717) is 0 Å². The van der Waals surface area contributed by atoms with Crippen LogP contribution in [0.2, 0.25) is 4.34 Å². The number of ether oxygens (including phenoxy) is 1. The monoisotopic (exact) mass is 267 g/mol. The van der Waals surface area contributed by atoms with Gasteiger partial charge in [0.15, 0.2) is 0 Å². The molecular weight excluding hydrogens is 254 g/mol. The molecule has 4 heteroatoms. The molecule has 0 aliphatic carbocycles. The second-order valence-electron chi connectivity index (χ2n) is 3.85. The van der Waals surface area contributed by atoms with Crippen molar-refractivity contribution in [3.8, 4) is 5.75 Å². The van der Waals surface area contributed by atoms with Crippen molar-refractivity contribution in [2.45, 2.75) is 13.0 Å². The summed E-state index contributed by atoms with van der Waals surface area (Å²) in [7, 11) is 1.67. The average Bonchev–Trinajstić information content (AvgIpc) is 2.75. The number of rotatable bonds is 3. The lowest BCUT2D eigenvalue weighted by atomic mass is 10.0. The number of thiophene rings is 1. The molecule has 1 heterocycles. The summed E-state index contributed by atoms with van der Waals surface area (Å²) >= 11 is 7.43. The average molecular weight is 268 g/mol. The fraction of sp³-hybridized carbons (Fsp3) is 0.231. The molecule has 2 N–H and O–H groups in total. The minimum absolute atomic E-state index is 0.128. The van der Waals surface area contributed by atoms with E-state index in [2.05, 4.69) is 6.07 Å². The Hall–Kier alpha value is -1.03. The third-order valence-corrected chi connectivity index (χ3v) is 3.99. The molecule has 0 bridgehead atoms. The van der Waals surface area contributed by atoms with Crippen LogP contribution >= 0.6 is 22.9 Å². The highest BCUT2D eigenvalue weighted by Crippen LogP contribution is 2.31. The molecule has 0 aliphatic heterocycles. The van der Waals surface area contributed by atoms with Gasteiger partial charge in [-0.05, 0) is 36.2 Å². The molecule has 0 fully saturated rings. The van der Waals surface area contributed by atoms with Crippen molar-refractivity contribution >= 4 is 22.9 Å². The first kappa shape index (κ1) is 12.4. The van der Waals surface area contributed by atoms with Crippen molar-refractivity contribution in [2.75, 3.05) is 7.11 Å². The van der Waals surface area contributed by atoms with Gasteiger partial charge in [-0.3, -0.25) is 0 Å². The summed E-state index contributed by atoms with van der Waals surface area (Å²) in [5, 5.41) is 0. The van der Waals surface area contributed by atoms with E-state index in [-0.39, 0.29) is 6.04 Å². The molecule has 1 atom stereocenters. The predicted octanol–water partition coefficient (Wildman–Crippen LogP) is 3.77. The fourth-order valence-corrected chi connectivity index (χ4v) is 2.85. The van der Waals surface area contributed by atoms with Crippen molar-refractivity contribution < 1.29 is 4.74 Å². The van der Waals surface area contributed by atoms with E-state index in [1.165, 1.54) is 11.3 Å². The first-order valence-electron chi connectivity index (χ1n) is 5.27. The lowest BCUT2D eigenvalue weighted by molar-refractivity contribution is 0.411. The van der Waals surface area contributed by atoms with Crippen LogP contribution in [0.4, 0.5) is 0 Å². The molecule has 1 unspecified atom stereocenters. The summed E-state index contributed by atoms with van der Waals surface area (Å²) in [4.78, 5) is 1.07. The number of hydrogen-bond acceptors (Lipinski definition) is 3. The third-order valence-electron chi connectivity index (χ3n) is 2.68. The van der Waals surface area contributed by atoms with Gasteiger partial charge in [0.25, 0.3) is 0 Å². The van der Waals surface area contributed by atoms with Gasteiger partial charge in [0, 0.05) is 4.88 Å². The Balaban J connectivity index is 2.31. The fourth-order valence-electron chi connectivity index (χ4n) is 1.75. The van der Waals surface area contributed by atoms with Gasteiger partial charge in [-0.2, -0.15) is 0 Å². The van der Waals surface area contributed by atoms with Crippen molar-refractivity contribution in [2.24, 2.45) is 5.73 Å². The highest BCUT2D eigenvalue weighted by molar-refractivity contribution is 7.16. The standard InChI is InChI=1S/C13H14ClNOS/c1-8-7-9(3-4-10(8)16-2)13(15)11-5-6-12(14)17-11/h3-7,13H,15H2,1-2H3. The van der Waals surface area contributed by atoms with Crippen molar-refractivity contribution in [1.82, 2.24) is 0 Å². The predicted molar refractivity (Wildman–Crippen MR) is 73.1 cm³/mol. The number of benzene rings is 1. The van der Waals surface area contributed by atoms with Crippen molar-refractivity contribution in [1.29, 1.82) is 0 Å². The van der Waals surface area contributed by atoms with Crippen LogP contribution in [0, 0.1) is 6.92 Å². The highest BCUT2D eigenvalue weighted by Gasteiger charge is 2.12. The molecular formula is C13H14ClNOS. The third kappa shape index (κ3) is 2.63. The molecule has 0 aliphatic rings. The number of methoxy groups -OCH3 is 1. The van der Waals surface area contributed by atoms with Crippen LogP contribution in [-0.2, 0) is 0 Å². The molecule has 0 radical (unpaired) electrons. The SMILES string of the molecule is COc1ccc(C(N)c2ccc(Cl)s2)cc1C. The maximum atomic E-state index is 6.20. The zero-order valence-corrected chi connectivity index (χ0v) is 11.3. The van der Waals surface area contributed by atoms with Crippen LogP contribution in [0.25, 0.3) is 0 Å². The lowest BCUT2D eigenvalue weighted by Gasteiger charge is -2.12. The van der Waals surface area contributed by atoms with E-state index in [1.54, 1.807) is 7.11 Å². The van der Waals surface area contributed by atoms with Crippen LogP contribution in [0.1, 0.15) is 22.0 Å². The van der Waals surface area contributed by atoms with Crippen LogP contribution in [0.3, 0.4) is 0 Å². The Morgan fingerprint density at radius 2 is 2.06 bits per heavy atom. The number of halogens is 1. The van der Waals surface area contributed by atoms with Crippen LogP contribution in [-0.4, -0.2) is 7.11 Å². The van der Waals surface area contributed by atoms with Gasteiger partial charge in [0.05, 0.1) is 17.5 Å². The summed E-state index contributed by atoms with van der Waals surface area (Å²) in [6.07, 6.45) is 0. The molecule has 0 amide bonds. The summed E-state index contributed by atoms with van der Waals surface area (Å²) in [5.41, 5.74) is 8.36. The van der Waals surface area contributed by atoms with E-state index in [4.69, 9.17) is 22.1 Å². The topological polar surface area (TPSA) is 35.2 Å². The summed E-state index contributed by atoms with van der Waals surface area (Å²) in [6, 6.07) is 9.70. The van der Waals surface area contributed by atoms with Crippen LogP contribution in [0.15, 0.2) is 30.3 Å². The van der Waals surface area contributed by atoms with Gasteiger partial charge in [-0.1, -0.05) is 23.7 Å².